The SMILES string of the molecule is CCOc1cc(N(CC)CC)ccc1C1(c2c(-c3ccccc3)cc3cccc(C)n23)OC(=O)c2nc3ccccc3nc21. The fourth-order valence-corrected chi connectivity index (χ4v) is 6.53. The number of carbonyl (C=O) groups is 1. The number of nitrogens with zero attached hydrogens (tertiary/aromatic N) is 4. The van der Waals surface area contributed by atoms with Gasteiger partial charge >= 0.3 is 5.97 Å². The number of ether oxygens (including phenoxy) is 2. The normalized spacial score (nSPS) is 15.9. The number of rotatable bonds is 8. The fraction of sp³-hybridized carbons (Fsp3) is 0.216. The smallest absolute Gasteiger partial charge is 0.360 e. The Hall–Kier alpha value is -5.17. The van der Waals surface area contributed by atoms with E-state index in [1.807, 2.05) is 61.5 Å². The first-order valence-electron chi connectivity index (χ1n) is 15.2. The maximum atomic E-state index is 14.0. The maximum Gasteiger partial charge on any atom is 0.360 e. The van der Waals surface area contributed by atoms with Crippen molar-refractivity contribution in [2.45, 2.75) is 33.3 Å². The number of hydrogen-bond donors (Lipinski definition) is 0. The van der Waals surface area contributed by atoms with Gasteiger partial charge in [0.2, 0.25) is 5.60 Å². The van der Waals surface area contributed by atoms with Gasteiger partial charge in [-0.1, -0.05) is 48.5 Å². The Labute approximate surface area is 256 Å². The lowest BCUT2D eigenvalue weighted by Gasteiger charge is -2.33. The van der Waals surface area contributed by atoms with Gasteiger partial charge in [0.1, 0.15) is 11.4 Å². The molecule has 0 amide bonds. The van der Waals surface area contributed by atoms with Gasteiger partial charge in [-0.15, -0.1) is 0 Å². The number of carbonyl (C=O) groups excluding carboxylic acids is 1. The Kier molecular flexibility index (Phi) is 6.81. The molecule has 3 aromatic carbocycles. The number of hydrogen-bond acceptors (Lipinski definition) is 6. The first-order chi connectivity index (χ1) is 21.5. The van der Waals surface area contributed by atoms with Gasteiger partial charge in [-0.2, -0.15) is 0 Å². The average molecular weight is 583 g/mol. The molecule has 0 spiro atoms. The number of aromatic nitrogens is 3. The van der Waals surface area contributed by atoms with Gasteiger partial charge < -0.3 is 18.8 Å². The molecule has 7 nitrogen and oxygen atoms in total. The second kappa shape index (κ2) is 10.8. The van der Waals surface area contributed by atoms with Gasteiger partial charge in [0, 0.05) is 41.6 Å². The summed E-state index contributed by atoms with van der Waals surface area (Å²) >= 11 is 0. The van der Waals surface area contributed by atoms with Crippen LogP contribution in [0, 0.1) is 6.92 Å². The fourth-order valence-electron chi connectivity index (χ4n) is 6.53. The van der Waals surface area contributed by atoms with E-state index >= 15 is 0 Å². The van der Waals surface area contributed by atoms with Crippen molar-refractivity contribution in [2.75, 3.05) is 24.6 Å². The Bertz CT molecular complexity index is 2030. The van der Waals surface area contributed by atoms with Crippen LogP contribution in [0.3, 0.4) is 0 Å². The van der Waals surface area contributed by atoms with Crippen LogP contribution in [0.1, 0.15) is 53.9 Å². The zero-order chi connectivity index (χ0) is 30.4. The van der Waals surface area contributed by atoms with Gasteiger partial charge in [0.05, 0.1) is 28.9 Å². The first kappa shape index (κ1) is 27.7. The molecule has 0 N–H and O–H groups in total. The molecule has 0 radical (unpaired) electrons. The molecule has 0 bridgehead atoms. The number of para-hydroxylation sites is 2. The lowest BCUT2D eigenvalue weighted by molar-refractivity contribution is 0.0219. The van der Waals surface area contributed by atoms with Crippen molar-refractivity contribution in [2.24, 2.45) is 0 Å². The number of anilines is 1. The molecule has 7 heteroatoms. The summed E-state index contributed by atoms with van der Waals surface area (Å²) in [6.07, 6.45) is 0. The highest BCUT2D eigenvalue weighted by Gasteiger charge is 2.55. The number of fused-ring (bicyclic) bond motifs is 3. The second-order valence-corrected chi connectivity index (χ2v) is 11.0. The molecule has 3 aromatic heterocycles. The van der Waals surface area contributed by atoms with Crippen LogP contribution in [0.25, 0.3) is 27.7 Å². The van der Waals surface area contributed by atoms with Crippen LogP contribution in [0.4, 0.5) is 5.69 Å². The quantitative estimate of drug-likeness (QED) is 0.173. The molecule has 6 aromatic rings. The van der Waals surface area contributed by atoms with Gasteiger partial charge in [-0.3, -0.25) is 0 Å². The summed E-state index contributed by atoms with van der Waals surface area (Å²) < 4.78 is 15.3. The minimum Gasteiger partial charge on any atom is -0.493 e. The molecule has 1 atom stereocenters. The van der Waals surface area contributed by atoms with Crippen molar-refractivity contribution >= 4 is 28.2 Å². The van der Waals surface area contributed by atoms with E-state index in [0.717, 1.165) is 46.8 Å². The summed E-state index contributed by atoms with van der Waals surface area (Å²) in [5, 5.41) is 0. The van der Waals surface area contributed by atoms with Crippen molar-refractivity contribution in [1.29, 1.82) is 0 Å². The molecule has 0 saturated heterocycles. The van der Waals surface area contributed by atoms with Crippen LogP contribution in [0.15, 0.2) is 97.1 Å². The molecule has 220 valence electrons. The number of aryl methyl sites for hydroxylation is 1. The molecule has 1 unspecified atom stereocenters. The van der Waals surface area contributed by atoms with Gasteiger partial charge in [-0.25, -0.2) is 14.8 Å². The Morgan fingerprint density at radius 1 is 0.841 bits per heavy atom. The van der Waals surface area contributed by atoms with E-state index in [1.165, 1.54) is 0 Å². The van der Waals surface area contributed by atoms with E-state index in [4.69, 9.17) is 19.4 Å². The third kappa shape index (κ3) is 4.14. The number of esters is 1. The summed E-state index contributed by atoms with van der Waals surface area (Å²) in [5.41, 5.74) is 6.96. The highest BCUT2D eigenvalue weighted by Crippen LogP contribution is 2.53. The van der Waals surface area contributed by atoms with E-state index in [2.05, 4.69) is 72.5 Å². The average Bonchev–Trinajstić information content (AvgIpc) is 3.58. The molecular formula is C37H34N4O3. The van der Waals surface area contributed by atoms with Gasteiger partial charge in [0.25, 0.3) is 0 Å². The zero-order valence-electron chi connectivity index (χ0n) is 25.4. The molecule has 0 saturated carbocycles. The van der Waals surface area contributed by atoms with Crippen molar-refractivity contribution in [1.82, 2.24) is 14.4 Å². The van der Waals surface area contributed by atoms with Crippen LogP contribution >= 0.6 is 0 Å². The Morgan fingerprint density at radius 2 is 1.57 bits per heavy atom. The van der Waals surface area contributed by atoms with Crippen molar-refractivity contribution in [3.63, 3.8) is 0 Å². The summed E-state index contributed by atoms with van der Waals surface area (Å²) in [5.74, 6) is 0.117. The molecular weight excluding hydrogens is 548 g/mol. The van der Waals surface area contributed by atoms with E-state index in [1.54, 1.807) is 0 Å². The Balaban J connectivity index is 1.66. The maximum absolute atomic E-state index is 14.0. The third-order valence-electron chi connectivity index (χ3n) is 8.52. The van der Waals surface area contributed by atoms with E-state index < -0.39 is 11.6 Å². The minimum atomic E-state index is -1.46. The monoisotopic (exact) mass is 582 g/mol. The van der Waals surface area contributed by atoms with Crippen molar-refractivity contribution in [3.05, 3.63) is 125 Å². The summed E-state index contributed by atoms with van der Waals surface area (Å²) in [4.78, 5) is 26.3. The molecule has 7 rings (SSSR count). The van der Waals surface area contributed by atoms with Crippen LogP contribution < -0.4 is 9.64 Å². The van der Waals surface area contributed by atoms with Gasteiger partial charge in [-0.05, 0) is 75.7 Å². The molecule has 1 aliphatic heterocycles. The highest BCUT2D eigenvalue weighted by molar-refractivity contribution is 5.97. The second-order valence-electron chi connectivity index (χ2n) is 11.0. The minimum absolute atomic E-state index is 0.210. The van der Waals surface area contributed by atoms with Crippen LogP contribution in [-0.2, 0) is 10.3 Å². The number of pyridine rings is 1. The molecule has 4 heterocycles. The number of benzene rings is 3. The van der Waals surface area contributed by atoms with E-state index in [-0.39, 0.29) is 5.69 Å². The predicted molar refractivity (Wildman–Crippen MR) is 174 cm³/mol. The summed E-state index contributed by atoms with van der Waals surface area (Å²) in [6, 6.07) is 32.3. The standard InChI is InChI=1S/C37H34N4O3/c1-5-40(6-2)26-20-21-29(32(23-26)43-7-3)37(34-33(36(42)44-37)38-30-18-11-12-19-31(30)39-34)35-28(25-15-9-8-10-16-25)22-27-17-13-14-24(4)41(27)35/h8-23H,5-7H2,1-4H3. The summed E-state index contributed by atoms with van der Waals surface area (Å²) in [6.45, 7) is 10.4. The largest absolute Gasteiger partial charge is 0.493 e. The molecule has 0 fully saturated rings. The Morgan fingerprint density at radius 3 is 2.30 bits per heavy atom. The van der Waals surface area contributed by atoms with E-state index in [9.17, 15) is 4.79 Å². The lowest BCUT2D eigenvalue weighted by atomic mass is 9.83. The van der Waals surface area contributed by atoms with Crippen molar-refractivity contribution < 1.29 is 14.3 Å². The van der Waals surface area contributed by atoms with Gasteiger partial charge in [0.15, 0.2) is 5.69 Å². The molecule has 0 aliphatic carbocycles. The van der Waals surface area contributed by atoms with Crippen LogP contribution in [-0.4, -0.2) is 40.0 Å². The molecule has 1 aliphatic rings. The van der Waals surface area contributed by atoms with E-state index in [0.29, 0.717) is 34.6 Å². The van der Waals surface area contributed by atoms with Crippen LogP contribution in [0.2, 0.25) is 0 Å². The third-order valence-corrected chi connectivity index (χ3v) is 8.52. The number of cyclic esters (lactones) is 1. The zero-order valence-corrected chi connectivity index (χ0v) is 25.4. The first-order valence-corrected chi connectivity index (χ1v) is 15.2. The van der Waals surface area contributed by atoms with Crippen molar-refractivity contribution in [3.8, 4) is 16.9 Å². The highest BCUT2D eigenvalue weighted by atomic mass is 16.6. The lowest BCUT2D eigenvalue weighted by Crippen LogP contribution is -2.34. The molecule has 44 heavy (non-hydrogen) atoms. The predicted octanol–water partition coefficient (Wildman–Crippen LogP) is 7.57. The van der Waals surface area contributed by atoms with Crippen LogP contribution in [0.5, 0.6) is 5.75 Å². The summed E-state index contributed by atoms with van der Waals surface area (Å²) in [7, 11) is 0. The topological polar surface area (TPSA) is 69.0 Å².